The molecule has 0 aliphatic carbocycles. The van der Waals surface area contributed by atoms with Crippen LogP contribution in [0, 0.1) is 0 Å². The molecule has 0 aliphatic rings. The van der Waals surface area contributed by atoms with Crippen LogP contribution in [-0.4, -0.2) is 25.8 Å². The van der Waals surface area contributed by atoms with Gasteiger partial charge in [-0.3, -0.25) is 0 Å². The highest BCUT2D eigenvalue weighted by molar-refractivity contribution is 7.89. The maximum absolute atomic E-state index is 11.5. The van der Waals surface area contributed by atoms with Gasteiger partial charge in [0.25, 0.3) is 0 Å². The van der Waals surface area contributed by atoms with Gasteiger partial charge in [0.1, 0.15) is 10.4 Å². The highest BCUT2D eigenvalue weighted by Gasteiger charge is 2.17. The van der Waals surface area contributed by atoms with Gasteiger partial charge in [-0.1, -0.05) is 6.07 Å². The van der Waals surface area contributed by atoms with Crippen molar-refractivity contribution in [3.05, 3.63) is 18.2 Å². The normalized spacial score (nSPS) is 12.1. The summed E-state index contributed by atoms with van der Waals surface area (Å²) in [6.07, 6.45) is 0. The van der Waals surface area contributed by atoms with Crippen molar-refractivity contribution in [3.8, 4) is 0 Å². The first-order valence-electron chi connectivity index (χ1n) is 3.80. The Morgan fingerprint density at radius 1 is 1.36 bits per heavy atom. The molecular formula is C7H7N3O3S. The third-order valence-electron chi connectivity index (χ3n) is 1.81. The first kappa shape index (κ1) is 9.10. The van der Waals surface area contributed by atoms with E-state index < -0.39 is 10.0 Å². The zero-order chi connectivity index (χ0) is 10.2. The number of hydrogen-bond donors (Lipinski definition) is 1. The molecule has 0 unspecified atom stereocenters. The Morgan fingerprint density at radius 2 is 2.14 bits per heavy atom. The van der Waals surface area contributed by atoms with Crippen LogP contribution in [0.15, 0.2) is 27.7 Å². The highest BCUT2D eigenvalue weighted by atomic mass is 32.2. The van der Waals surface area contributed by atoms with Crippen molar-refractivity contribution in [2.24, 2.45) is 0 Å². The topological polar surface area (TPSA) is 85.1 Å². The number of fused-ring (bicyclic) bond motifs is 1. The largest absolute Gasteiger partial charge is 0.243 e. The highest BCUT2D eigenvalue weighted by Crippen LogP contribution is 2.18. The van der Waals surface area contributed by atoms with Gasteiger partial charge in [-0.2, -0.15) is 0 Å². The lowest BCUT2D eigenvalue weighted by molar-refractivity contribution is 0.315. The Bertz CT molecular complexity index is 560. The predicted molar refractivity (Wildman–Crippen MR) is 48.0 cm³/mol. The van der Waals surface area contributed by atoms with E-state index in [1.54, 1.807) is 12.1 Å². The Hall–Kier alpha value is -1.47. The lowest BCUT2D eigenvalue weighted by Gasteiger charge is -2.00. The molecule has 1 heterocycles. The van der Waals surface area contributed by atoms with Crippen LogP contribution < -0.4 is 4.72 Å². The second kappa shape index (κ2) is 3.03. The molecule has 74 valence electrons. The molecule has 1 aromatic carbocycles. The fraction of sp³-hybridized carbons (Fsp3) is 0.143. The van der Waals surface area contributed by atoms with Gasteiger partial charge < -0.3 is 0 Å². The number of rotatable bonds is 2. The zero-order valence-corrected chi connectivity index (χ0v) is 8.08. The molecule has 0 bridgehead atoms. The van der Waals surface area contributed by atoms with E-state index in [0.717, 1.165) is 0 Å². The number of benzene rings is 1. The number of hydrogen-bond acceptors (Lipinski definition) is 5. The van der Waals surface area contributed by atoms with Crippen molar-refractivity contribution in [3.63, 3.8) is 0 Å². The van der Waals surface area contributed by atoms with Crippen molar-refractivity contribution >= 4 is 21.1 Å². The summed E-state index contributed by atoms with van der Waals surface area (Å²) in [7, 11) is -2.17. The van der Waals surface area contributed by atoms with Gasteiger partial charge in [-0.15, -0.1) is 0 Å². The molecule has 1 N–H and O–H groups in total. The van der Waals surface area contributed by atoms with Crippen molar-refractivity contribution in [2.45, 2.75) is 4.90 Å². The summed E-state index contributed by atoms with van der Waals surface area (Å²) < 4.78 is 29.6. The number of aromatic nitrogens is 2. The molecule has 0 spiro atoms. The molecule has 0 saturated heterocycles. The summed E-state index contributed by atoms with van der Waals surface area (Å²) in [6, 6.07) is 4.65. The van der Waals surface area contributed by atoms with Gasteiger partial charge in [0.05, 0.1) is 0 Å². The molecule has 0 fully saturated rings. The van der Waals surface area contributed by atoms with Crippen LogP contribution in [0.25, 0.3) is 11.0 Å². The lowest BCUT2D eigenvalue weighted by Crippen LogP contribution is -2.18. The number of nitrogens with one attached hydrogen (secondary N) is 1. The fourth-order valence-corrected chi connectivity index (χ4v) is 1.98. The maximum Gasteiger partial charge on any atom is 0.242 e. The first-order valence-corrected chi connectivity index (χ1v) is 5.28. The second-order valence-corrected chi connectivity index (χ2v) is 4.45. The Morgan fingerprint density at radius 3 is 2.86 bits per heavy atom. The lowest BCUT2D eigenvalue weighted by atomic mass is 10.3. The van der Waals surface area contributed by atoms with Crippen LogP contribution in [0.5, 0.6) is 0 Å². The molecule has 0 saturated carbocycles. The SMILES string of the molecule is CNS(=O)(=O)c1cccc2nonc12. The summed E-state index contributed by atoms with van der Waals surface area (Å²) in [6.45, 7) is 0. The molecule has 0 aliphatic heterocycles. The molecule has 0 amide bonds. The van der Waals surface area contributed by atoms with Crippen molar-refractivity contribution < 1.29 is 13.0 Å². The van der Waals surface area contributed by atoms with Crippen LogP contribution in [0.2, 0.25) is 0 Å². The van der Waals surface area contributed by atoms with E-state index in [1.165, 1.54) is 13.1 Å². The Balaban J connectivity index is 2.81. The Kier molecular flexibility index (Phi) is 1.97. The van der Waals surface area contributed by atoms with E-state index in [2.05, 4.69) is 19.7 Å². The third kappa shape index (κ3) is 1.26. The smallest absolute Gasteiger partial charge is 0.242 e. The van der Waals surface area contributed by atoms with E-state index in [-0.39, 0.29) is 10.4 Å². The fourth-order valence-electron chi connectivity index (χ4n) is 1.11. The van der Waals surface area contributed by atoms with Crippen molar-refractivity contribution in [1.82, 2.24) is 15.0 Å². The average molecular weight is 213 g/mol. The van der Waals surface area contributed by atoms with E-state index in [9.17, 15) is 8.42 Å². The first-order chi connectivity index (χ1) is 6.65. The van der Waals surface area contributed by atoms with Crippen LogP contribution >= 0.6 is 0 Å². The summed E-state index contributed by atoms with van der Waals surface area (Å²) in [5.74, 6) is 0. The summed E-state index contributed by atoms with van der Waals surface area (Å²) in [4.78, 5) is 0.0683. The minimum atomic E-state index is -3.51. The van der Waals surface area contributed by atoms with Gasteiger partial charge in [0.15, 0.2) is 5.52 Å². The average Bonchev–Trinajstić information content (AvgIpc) is 2.64. The van der Waals surface area contributed by atoms with Crippen LogP contribution in [0.1, 0.15) is 0 Å². The van der Waals surface area contributed by atoms with Crippen LogP contribution in [-0.2, 0) is 10.0 Å². The quantitative estimate of drug-likeness (QED) is 0.766. The molecule has 14 heavy (non-hydrogen) atoms. The Labute approximate surface area is 79.9 Å². The molecule has 2 rings (SSSR count). The van der Waals surface area contributed by atoms with Crippen LogP contribution in [0.3, 0.4) is 0 Å². The van der Waals surface area contributed by atoms with Crippen molar-refractivity contribution in [1.29, 1.82) is 0 Å². The van der Waals surface area contributed by atoms with Crippen LogP contribution in [0.4, 0.5) is 0 Å². The van der Waals surface area contributed by atoms with Gasteiger partial charge in [-0.25, -0.2) is 17.8 Å². The number of nitrogens with zero attached hydrogens (tertiary/aromatic N) is 2. The minimum Gasteiger partial charge on any atom is -0.243 e. The molecule has 6 nitrogen and oxygen atoms in total. The van der Waals surface area contributed by atoms with Gasteiger partial charge in [0, 0.05) is 0 Å². The molecular weight excluding hydrogens is 206 g/mol. The van der Waals surface area contributed by atoms with Crippen molar-refractivity contribution in [2.75, 3.05) is 7.05 Å². The van der Waals surface area contributed by atoms with Gasteiger partial charge in [-0.05, 0) is 29.5 Å². The van der Waals surface area contributed by atoms with Gasteiger partial charge >= 0.3 is 0 Å². The maximum atomic E-state index is 11.5. The third-order valence-corrected chi connectivity index (χ3v) is 3.25. The summed E-state index contributed by atoms with van der Waals surface area (Å²) >= 11 is 0. The second-order valence-electron chi connectivity index (χ2n) is 2.60. The monoisotopic (exact) mass is 213 g/mol. The standard InChI is InChI=1S/C7H7N3O3S/c1-8-14(11,12)6-4-2-3-5-7(6)10-13-9-5/h2-4,8H,1H3. The van der Waals surface area contributed by atoms with E-state index in [4.69, 9.17) is 0 Å². The summed E-state index contributed by atoms with van der Waals surface area (Å²) in [5.41, 5.74) is 0.656. The minimum absolute atomic E-state index is 0.0683. The molecule has 0 radical (unpaired) electrons. The molecule has 7 heteroatoms. The number of sulfonamides is 1. The zero-order valence-electron chi connectivity index (χ0n) is 7.26. The van der Waals surface area contributed by atoms with E-state index in [0.29, 0.717) is 5.52 Å². The summed E-state index contributed by atoms with van der Waals surface area (Å²) in [5, 5.41) is 7.08. The van der Waals surface area contributed by atoms with E-state index >= 15 is 0 Å². The van der Waals surface area contributed by atoms with Gasteiger partial charge in [0.2, 0.25) is 10.0 Å². The predicted octanol–water partition coefficient (Wildman–Crippen LogP) is 0.131. The molecule has 1 aromatic heterocycles. The molecule has 2 aromatic rings. The van der Waals surface area contributed by atoms with E-state index in [1.807, 2.05) is 0 Å². The molecule has 0 atom stereocenters.